The van der Waals surface area contributed by atoms with E-state index >= 15 is 0 Å². The summed E-state index contributed by atoms with van der Waals surface area (Å²) in [7, 11) is 0. The Morgan fingerprint density at radius 2 is 1.29 bits per heavy atom. The minimum Gasteiger partial charge on any atom is -0.456 e. The highest BCUT2D eigenvalue weighted by Crippen LogP contribution is 2.39. The molecule has 4 aromatic carbocycles. The van der Waals surface area contributed by atoms with Gasteiger partial charge in [0.15, 0.2) is 0 Å². The lowest BCUT2D eigenvalue weighted by Gasteiger charge is -2.03. The third-order valence-corrected chi connectivity index (χ3v) is 4.99. The molecular weight excluding hydrogens is 294 g/mol. The Kier molecular flexibility index (Phi) is 2.12. The summed E-state index contributed by atoms with van der Waals surface area (Å²) in [6.07, 6.45) is 0. The zero-order chi connectivity index (χ0) is 15.7. The molecule has 0 aliphatic heterocycles. The van der Waals surface area contributed by atoms with Crippen LogP contribution in [0.25, 0.3) is 54.5 Å². The molecule has 0 saturated heterocycles. The predicted molar refractivity (Wildman–Crippen MR) is 101 cm³/mol. The van der Waals surface area contributed by atoms with Crippen molar-refractivity contribution < 1.29 is 4.42 Å². The van der Waals surface area contributed by atoms with Gasteiger partial charge >= 0.3 is 0 Å². The molecule has 0 atom stereocenters. The quantitative estimate of drug-likeness (QED) is 0.347. The van der Waals surface area contributed by atoms with Gasteiger partial charge < -0.3 is 9.40 Å². The van der Waals surface area contributed by atoms with E-state index in [2.05, 4.69) is 71.7 Å². The summed E-state index contributed by atoms with van der Waals surface area (Å²) in [6, 6.07) is 25.4. The van der Waals surface area contributed by atoms with Gasteiger partial charge in [-0.1, -0.05) is 48.5 Å². The number of hydrogen-bond donors (Lipinski definition) is 1. The van der Waals surface area contributed by atoms with Gasteiger partial charge in [-0.05, 0) is 40.4 Å². The van der Waals surface area contributed by atoms with Crippen LogP contribution >= 0.6 is 0 Å². The van der Waals surface area contributed by atoms with Crippen molar-refractivity contribution in [3.05, 3.63) is 72.8 Å². The van der Waals surface area contributed by atoms with Gasteiger partial charge in [0.05, 0.1) is 10.9 Å². The summed E-state index contributed by atoms with van der Waals surface area (Å²) < 4.78 is 6.37. The Hall–Kier alpha value is -3.26. The lowest BCUT2D eigenvalue weighted by atomic mass is 10.0. The Morgan fingerprint density at radius 1 is 0.542 bits per heavy atom. The molecule has 0 unspecified atom stereocenters. The van der Waals surface area contributed by atoms with Crippen molar-refractivity contribution in [1.29, 1.82) is 0 Å². The lowest BCUT2D eigenvalue weighted by Crippen LogP contribution is -1.77. The molecule has 24 heavy (non-hydrogen) atoms. The molecular formula is C22H13NO. The number of aromatic nitrogens is 1. The second-order valence-electron chi connectivity index (χ2n) is 6.29. The average molecular weight is 307 g/mol. The van der Waals surface area contributed by atoms with Crippen LogP contribution in [0.3, 0.4) is 0 Å². The van der Waals surface area contributed by atoms with Gasteiger partial charge in [0.2, 0.25) is 0 Å². The highest BCUT2D eigenvalue weighted by molar-refractivity contribution is 6.29. The molecule has 0 radical (unpaired) electrons. The van der Waals surface area contributed by atoms with Crippen LogP contribution in [0.1, 0.15) is 0 Å². The zero-order valence-corrected chi connectivity index (χ0v) is 12.8. The molecule has 1 N–H and O–H groups in total. The van der Waals surface area contributed by atoms with Crippen LogP contribution in [-0.2, 0) is 0 Å². The summed E-state index contributed by atoms with van der Waals surface area (Å²) in [5.41, 5.74) is 4.11. The van der Waals surface area contributed by atoms with E-state index in [-0.39, 0.29) is 0 Å². The highest BCUT2D eigenvalue weighted by Gasteiger charge is 2.14. The Bertz CT molecular complexity index is 1400. The van der Waals surface area contributed by atoms with Crippen molar-refractivity contribution in [2.45, 2.75) is 0 Å². The second kappa shape index (κ2) is 4.18. The van der Waals surface area contributed by atoms with E-state index in [1.807, 2.05) is 6.07 Å². The Balaban J connectivity index is 2.11. The maximum Gasteiger partial charge on any atom is 0.137 e. The smallest absolute Gasteiger partial charge is 0.137 e. The van der Waals surface area contributed by atoms with E-state index in [1.165, 1.54) is 32.3 Å². The standard InChI is InChI=1S/C22H13NO/c1-2-6-14-13(5-1)11-12-19-20(14)15-7-3-8-16-21(15)22-17(23-16)9-4-10-18(22)24-19/h1-12,23H. The topological polar surface area (TPSA) is 28.9 Å². The molecule has 0 fully saturated rings. The van der Waals surface area contributed by atoms with Crippen LogP contribution in [0.2, 0.25) is 0 Å². The normalized spacial score (nSPS) is 12.2. The number of hydrogen-bond acceptors (Lipinski definition) is 1. The molecule has 6 aromatic rings. The molecule has 0 amide bonds. The fraction of sp³-hybridized carbons (Fsp3) is 0. The third-order valence-electron chi connectivity index (χ3n) is 4.99. The molecule has 2 heterocycles. The maximum atomic E-state index is 6.37. The summed E-state index contributed by atoms with van der Waals surface area (Å²) in [5, 5.41) is 7.28. The maximum absolute atomic E-state index is 6.37. The summed E-state index contributed by atoms with van der Waals surface area (Å²) in [6.45, 7) is 0. The number of H-pyrrole nitrogens is 1. The molecule has 0 spiro atoms. The molecule has 6 rings (SSSR count). The fourth-order valence-corrected chi connectivity index (χ4v) is 3.99. The average Bonchev–Trinajstić information content (AvgIpc) is 2.93. The molecule has 0 saturated carbocycles. The minimum absolute atomic E-state index is 0.917. The highest BCUT2D eigenvalue weighted by atomic mass is 16.3. The van der Waals surface area contributed by atoms with Gasteiger partial charge in [-0.2, -0.15) is 0 Å². The second-order valence-corrected chi connectivity index (χ2v) is 6.29. The molecule has 2 heteroatoms. The number of rotatable bonds is 0. The molecule has 0 aliphatic rings. The number of fused-ring (bicyclic) bond motifs is 4. The molecule has 2 nitrogen and oxygen atoms in total. The van der Waals surface area contributed by atoms with Crippen LogP contribution in [-0.4, -0.2) is 4.98 Å². The summed E-state index contributed by atoms with van der Waals surface area (Å²) >= 11 is 0. The van der Waals surface area contributed by atoms with E-state index in [0.717, 1.165) is 22.2 Å². The van der Waals surface area contributed by atoms with E-state index in [4.69, 9.17) is 4.42 Å². The summed E-state index contributed by atoms with van der Waals surface area (Å²) in [5.74, 6) is 0. The molecule has 2 aromatic heterocycles. The Morgan fingerprint density at radius 3 is 2.25 bits per heavy atom. The first-order valence-corrected chi connectivity index (χ1v) is 8.13. The largest absolute Gasteiger partial charge is 0.456 e. The van der Waals surface area contributed by atoms with Gasteiger partial charge in [-0.3, -0.25) is 0 Å². The van der Waals surface area contributed by atoms with E-state index < -0.39 is 0 Å². The van der Waals surface area contributed by atoms with Crippen LogP contribution in [0.15, 0.2) is 77.2 Å². The van der Waals surface area contributed by atoms with Crippen molar-refractivity contribution in [2.75, 3.05) is 0 Å². The van der Waals surface area contributed by atoms with Crippen molar-refractivity contribution in [2.24, 2.45) is 0 Å². The van der Waals surface area contributed by atoms with Gasteiger partial charge in [0, 0.05) is 16.3 Å². The fourth-order valence-electron chi connectivity index (χ4n) is 3.99. The lowest BCUT2D eigenvalue weighted by molar-refractivity contribution is 0.664. The monoisotopic (exact) mass is 307 g/mol. The van der Waals surface area contributed by atoms with Crippen molar-refractivity contribution >= 4 is 54.5 Å². The molecule has 0 aliphatic carbocycles. The third kappa shape index (κ3) is 1.41. The van der Waals surface area contributed by atoms with Crippen molar-refractivity contribution in [3.63, 3.8) is 0 Å². The van der Waals surface area contributed by atoms with Gasteiger partial charge in [0.1, 0.15) is 11.2 Å². The number of nitrogens with one attached hydrogen (secondary N) is 1. The first-order valence-electron chi connectivity index (χ1n) is 8.13. The van der Waals surface area contributed by atoms with Gasteiger partial charge in [0.25, 0.3) is 0 Å². The molecule has 0 bridgehead atoms. The Labute approximate surface area is 137 Å². The van der Waals surface area contributed by atoms with Crippen LogP contribution in [0, 0.1) is 0 Å². The number of aromatic amines is 1. The van der Waals surface area contributed by atoms with E-state index in [1.54, 1.807) is 0 Å². The van der Waals surface area contributed by atoms with Gasteiger partial charge in [-0.15, -0.1) is 0 Å². The first-order chi connectivity index (χ1) is 11.9. The SMILES string of the molecule is c1ccc2c(c1)ccc1oc3cccc4[nH]c5cccc(c12)c5c43. The zero-order valence-electron chi connectivity index (χ0n) is 12.8. The van der Waals surface area contributed by atoms with E-state index in [9.17, 15) is 0 Å². The molecule has 112 valence electrons. The number of benzene rings is 4. The first kappa shape index (κ1) is 12.2. The van der Waals surface area contributed by atoms with E-state index in [0.29, 0.717) is 0 Å². The van der Waals surface area contributed by atoms with Crippen molar-refractivity contribution in [1.82, 2.24) is 4.98 Å². The van der Waals surface area contributed by atoms with Gasteiger partial charge in [-0.25, -0.2) is 0 Å². The predicted octanol–water partition coefficient (Wildman–Crippen LogP) is 6.37. The van der Waals surface area contributed by atoms with Crippen LogP contribution < -0.4 is 0 Å². The van der Waals surface area contributed by atoms with Crippen LogP contribution in [0.4, 0.5) is 0 Å². The van der Waals surface area contributed by atoms with Crippen LogP contribution in [0.5, 0.6) is 0 Å². The summed E-state index contributed by atoms with van der Waals surface area (Å²) in [4.78, 5) is 3.53. The minimum atomic E-state index is 0.917. The van der Waals surface area contributed by atoms with Crippen molar-refractivity contribution in [3.8, 4) is 0 Å².